The Balaban J connectivity index is 1.13. The van der Waals surface area contributed by atoms with Crippen LogP contribution in [0.5, 0.6) is 5.75 Å². The van der Waals surface area contributed by atoms with Gasteiger partial charge in [-0.15, -0.1) is 0 Å². The third-order valence-corrected chi connectivity index (χ3v) is 7.46. The van der Waals surface area contributed by atoms with Crippen LogP contribution >= 0.6 is 0 Å². The topological polar surface area (TPSA) is 71.1 Å². The van der Waals surface area contributed by atoms with E-state index < -0.39 is 5.82 Å². The van der Waals surface area contributed by atoms with E-state index in [-0.39, 0.29) is 11.8 Å². The largest absolute Gasteiger partial charge is 0.497 e. The molecule has 0 spiro atoms. The van der Waals surface area contributed by atoms with Crippen molar-refractivity contribution < 1.29 is 23.5 Å². The first-order chi connectivity index (χ1) is 19.5. The monoisotopic (exact) mass is 543 g/mol. The molecule has 0 atom stereocenters. The summed E-state index contributed by atoms with van der Waals surface area (Å²) in [5.74, 6) is 0.0974. The maximum absolute atomic E-state index is 13.7. The molecule has 0 bridgehead atoms. The highest BCUT2D eigenvalue weighted by atomic mass is 19.1. The highest BCUT2D eigenvalue weighted by Gasteiger charge is 2.25. The van der Waals surface area contributed by atoms with Crippen LogP contribution in [0.1, 0.15) is 40.2 Å². The molecule has 5 rings (SSSR count). The molecule has 2 aliphatic rings. The van der Waals surface area contributed by atoms with Gasteiger partial charge in [-0.05, 0) is 78.4 Å². The minimum Gasteiger partial charge on any atom is -0.497 e. The summed E-state index contributed by atoms with van der Waals surface area (Å²) in [7, 11) is 1.47. The third kappa shape index (κ3) is 6.87. The van der Waals surface area contributed by atoms with Crippen molar-refractivity contribution in [3.63, 3.8) is 0 Å². The lowest BCUT2D eigenvalue weighted by Crippen LogP contribution is -2.38. The second kappa shape index (κ2) is 12.8. The number of methoxy groups -OCH3 is 1. The van der Waals surface area contributed by atoms with Gasteiger partial charge in [0, 0.05) is 55.3 Å². The Hall–Kier alpha value is -4.17. The molecule has 40 heavy (non-hydrogen) atoms. The molecule has 0 saturated carbocycles. The van der Waals surface area contributed by atoms with Crippen molar-refractivity contribution in [1.29, 1.82) is 0 Å². The number of morpholine rings is 1. The molecule has 2 amide bonds. The molecule has 3 aromatic carbocycles. The number of carbonyl (C=O) groups excluding carboxylic acids is 2. The van der Waals surface area contributed by atoms with Gasteiger partial charge < -0.3 is 24.6 Å². The Morgan fingerprint density at radius 3 is 2.45 bits per heavy atom. The molecular formula is C32H34FN3O4. The number of carbonyl (C=O) groups is 2. The molecule has 2 aliphatic heterocycles. The van der Waals surface area contributed by atoms with Gasteiger partial charge in [-0.3, -0.25) is 9.59 Å². The fourth-order valence-electron chi connectivity index (χ4n) is 5.25. The molecule has 2 saturated heterocycles. The summed E-state index contributed by atoms with van der Waals surface area (Å²) in [6, 6.07) is 20.0. The van der Waals surface area contributed by atoms with Crippen LogP contribution < -0.4 is 15.0 Å². The molecule has 7 nitrogen and oxygen atoms in total. The number of benzene rings is 3. The van der Waals surface area contributed by atoms with Crippen LogP contribution in [0.4, 0.5) is 15.8 Å². The second-order valence-electron chi connectivity index (χ2n) is 10.1. The average molecular weight is 544 g/mol. The fourth-order valence-corrected chi connectivity index (χ4v) is 5.25. The van der Waals surface area contributed by atoms with Gasteiger partial charge in [0.1, 0.15) is 11.6 Å². The van der Waals surface area contributed by atoms with Crippen molar-refractivity contribution in [3.8, 4) is 5.75 Å². The summed E-state index contributed by atoms with van der Waals surface area (Å²) in [4.78, 5) is 29.8. The fraction of sp³-hybridized carbons (Fsp3) is 0.312. The van der Waals surface area contributed by atoms with E-state index in [0.29, 0.717) is 49.2 Å². The van der Waals surface area contributed by atoms with E-state index in [1.165, 1.54) is 30.9 Å². The zero-order chi connectivity index (χ0) is 27.9. The molecule has 0 aromatic heterocycles. The van der Waals surface area contributed by atoms with E-state index in [2.05, 4.69) is 16.3 Å². The summed E-state index contributed by atoms with van der Waals surface area (Å²) < 4.78 is 24.2. The number of nitrogens with zero attached hydrogens (tertiary/aromatic N) is 2. The number of likely N-dealkylation sites (tertiary alicyclic amines) is 1. The number of piperidine rings is 1. The average Bonchev–Trinajstić information content (AvgIpc) is 3.00. The first-order valence-corrected chi connectivity index (χ1v) is 13.6. The predicted molar refractivity (Wildman–Crippen MR) is 154 cm³/mol. The summed E-state index contributed by atoms with van der Waals surface area (Å²) in [5, 5.41) is 2.84. The Labute approximate surface area is 234 Å². The number of hydrogen-bond donors (Lipinski definition) is 1. The number of ether oxygens (including phenoxy) is 2. The van der Waals surface area contributed by atoms with Gasteiger partial charge in [0.25, 0.3) is 5.91 Å². The molecule has 2 fully saturated rings. The van der Waals surface area contributed by atoms with Gasteiger partial charge in [-0.25, -0.2) is 4.39 Å². The highest BCUT2D eigenvalue weighted by Crippen LogP contribution is 2.30. The zero-order valence-corrected chi connectivity index (χ0v) is 22.6. The van der Waals surface area contributed by atoms with Crippen molar-refractivity contribution in [2.75, 3.05) is 56.7 Å². The van der Waals surface area contributed by atoms with E-state index >= 15 is 0 Å². The van der Waals surface area contributed by atoms with Crippen molar-refractivity contribution in [1.82, 2.24) is 4.90 Å². The number of hydrogen-bond acceptors (Lipinski definition) is 5. The molecule has 208 valence electrons. The van der Waals surface area contributed by atoms with Crippen molar-refractivity contribution >= 4 is 29.3 Å². The third-order valence-electron chi connectivity index (χ3n) is 7.46. The van der Waals surface area contributed by atoms with Gasteiger partial charge >= 0.3 is 0 Å². The molecule has 0 unspecified atom stereocenters. The van der Waals surface area contributed by atoms with Gasteiger partial charge in [0.2, 0.25) is 5.91 Å². The van der Waals surface area contributed by atoms with Crippen LogP contribution in [0.15, 0.2) is 72.8 Å². The molecule has 0 aliphatic carbocycles. The minimum atomic E-state index is -0.428. The van der Waals surface area contributed by atoms with Crippen LogP contribution in [0.25, 0.3) is 6.08 Å². The van der Waals surface area contributed by atoms with Crippen molar-refractivity contribution in [2.24, 2.45) is 0 Å². The SMILES string of the molecule is COc1cc(F)cc(/C=C/C(=O)Nc2ccc(C3CCN(C(=O)c4cccc(N5CCOCC5)c4)CC3)cc2)c1. The highest BCUT2D eigenvalue weighted by molar-refractivity contribution is 6.02. The Kier molecular flexibility index (Phi) is 8.76. The van der Waals surface area contributed by atoms with Gasteiger partial charge in [-0.2, -0.15) is 0 Å². The Morgan fingerprint density at radius 1 is 0.975 bits per heavy atom. The number of anilines is 2. The van der Waals surface area contributed by atoms with E-state index in [4.69, 9.17) is 9.47 Å². The quantitative estimate of drug-likeness (QED) is 0.407. The van der Waals surface area contributed by atoms with Crippen LogP contribution in [0, 0.1) is 5.82 Å². The number of amides is 2. The summed E-state index contributed by atoms with van der Waals surface area (Å²) in [6.07, 6.45) is 4.69. The van der Waals surface area contributed by atoms with Crippen molar-refractivity contribution in [3.05, 3.63) is 95.3 Å². The Bertz CT molecular complexity index is 1360. The first kappa shape index (κ1) is 27.4. The maximum atomic E-state index is 13.7. The van der Waals surface area contributed by atoms with Crippen molar-refractivity contribution in [2.45, 2.75) is 18.8 Å². The molecular weight excluding hydrogens is 509 g/mol. The van der Waals surface area contributed by atoms with E-state index in [0.717, 1.165) is 37.2 Å². The van der Waals surface area contributed by atoms with Gasteiger partial charge in [0.05, 0.1) is 20.3 Å². The summed E-state index contributed by atoms with van der Waals surface area (Å²) in [5.41, 5.74) is 4.22. The summed E-state index contributed by atoms with van der Waals surface area (Å²) in [6.45, 7) is 4.52. The lowest BCUT2D eigenvalue weighted by molar-refractivity contribution is -0.111. The first-order valence-electron chi connectivity index (χ1n) is 13.6. The smallest absolute Gasteiger partial charge is 0.253 e. The summed E-state index contributed by atoms with van der Waals surface area (Å²) >= 11 is 0. The number of halogens is 1. The molecule has 2 heterocycles. The lowest BCUT2D eigenvalue weighted by atomic mass is 9.89. The molecule has 8 heteroatoms. The standard InChI is InChI=1S/C32H34FN3O4/c1-39-30-20-23(19-27(33)22-30)5-10-31(37)34-28-8-6-24(7-9-28)25-11-13-36(14-12-25)32(38)26-3-2-4-29(21-26)35-15-17-40-18-16-35/h2-10,19-22,25H,11-18H2,1H3,(H,34,37)/b10-5+. The van der Waals surface area contributed by atoms with E-state index in [9.17, 15) is 14.0 Å². The van der Waals surface area contributed by atoms with Crippen LogP contribution in [-0.2, 0) is 9.53 Å². The minimum absolute atomic E-state index is 0.0800. The molecule has 0 radical (unpaired) electrons. The number of rotatable bonds is 7. The Morgan fingerprint density at radius 2 is 1.73 bits per heavy atom. The molecule has 3 aromatic rings. The van der Waals surface area contributed by atoms with Gasteiger partial charge in [0.15, 0.2) is 0 Å². The molecule has 1 N–H and O–H groups in total. The zero-order valence-electron chi connectivity index (χ0n) is 22.6. The van der Waals surface area contributed by atoms with Crippen LogP contribution in [-0.4, -0.2) is 63.2 Å². The normalized spacial score (nSPS) is 16.2. The lowest BCUT2D eigenvalue weighted by Gasteiger charge is -2.33. The van der Waals surface area contributed by atoms with Crippen LogP contribution in [0.3, 0.4) is 0 Å². The predicted octanol–water partition coefficient (Wildman–Crippen LogP) is 5.34. The van der Waals surface area contributed by atoms with Crippen LogP contribution in [0.2, 0.25) is 0 Å². The maximum Gasteiger partial charge on any atom is 0.253 e. The van der Waals surface area contributed by atoms with E-state index in [1.54, 1.807) is 12.1 Å². The van der Waals surface area contributed by atoms with Gasteiger partial charge in [-0.1, -0.05) is 18.2 Å². The number of nitrogens with one attached hydrogen (secondary N) is 1. The van der Waals surface area contributed by atoms with E-state index in [1.807, 2.05) is 47.4 Å². The second-order valence-corrected chi connectivity index (χ2v) is 10.1.